The highest BCUT2D eigenvalue weighted by Gasteiger charge is 2.22. The Kier molecular flexibility index (Phi) is 5.83. The molecule has 1 aliphatic rings. The third-order valence-electron chi connectivity index (χ3n) is 4.46. The van der Waals surface area contributed by atoms with Crippen LogP contribution in [0.2, 0.25) is 0 Å². The average Bonchev–Trinajstić information content (AvgIpc) is 2.65. The van der Waals surface area contributed by atoms with Gasteiger partial charge >= 0.3 is 0 Å². The van der Waals surface area contributed by atoms with Crippen LogP contribution >= 0.6 is 0 Å². The largest absolute Gasteiger partial charge is 0.311 e. The van der Waals surface area contributed by atoms with Crippen molar-refractivity contribution in [3.63, 3.8) is 0 Å². The van der Waals surface area contributed by atoms with E-state index in [4.69, 9.17) is 0 Å². The van der Waals surface area contributed by atoms with Crippen LogP contribution in [0.15, 0.2) is 24.3 Å². The van der Waals surface area contributed by atoms with Gasteiger partial charge in [0, 0.05) is 31.2 Å². The van der Waals surface area contributed by atoms with Gasteiger partial charge in [-0.2, -0.15) is 0 Å². The van der Waals surface area contributed by atoms with E-state index in [0.717, 1.165) is 6.54 Å². The van der Waals surface area contributed by atoms with Crippen LogP contribution in [0, 0.1) is 0 Å². The molecule has 0 saturated carbocycles. The van der Waals surface area contributed by atoms with Gasteiger partial charge in [-0.3, -0.25) is 4.90 Å². The number of rotatable bonds is 5. The predicted molar refractivity (Wildman–Crippen MR) is 91.9 cm³/mol. The van der Waals surface area contributed by atoms with Crippen LogP contribution in [0.1, 0.15) is 51.7 Å². The Morgan fingerprint density at radius 3 is 2.14 bits per heavy atom. The predicted octanol–water partition coefficient (Wildman–Crippen LogP) is 3.64. The molecule has 0 radical (unpaired) electrons. The molecule has 1 aliphatic heterocycles. The van der Waals surface area contributed by atoms with Crippen LogP contribution in [0.25, 0.3) is 0 Å². The van der Waals surface area contributed by atoms with E-state index in [9.17, 15) is 0 Å². The highest BCUT2D eigenvalue weighted by Crippen LogP contribution is 2.18. The maximum absolute atomic E-state index is 3.70. The van der Waals surface area contributed by atoms with Gasteiger partial charge in [0.1, 0.15) is 0 Å². The SMILES string of the molecule is CCCC(CNC(C)(C)C)N1CCc2ccccc2CC1. The average molecular weight is 288 g/mol. The minimum absolute atomic E-state index is 0.209. The van der Waals surface area contributed by atoms with Gasteiger partial charge in [0.05, 0.1) is 0 Å². The van der Waals surface area contributed by atoms with Crippen molar-refractivity contribution < 1.29 is 0 Å². The molecule has 0 aromatic heterocycles. The number of fused-ring (bicyclic) bond motifs is 1. The van der Waals surface area contributed by atoms with Gasteiger partial charge in [-0.25, -0.2) is 0 Å². The summed E-state index contributed by atoms with van der Waals surface area (Å²) in [6.07, 6.45) is 4.96. The lowest BCUT2D eigenvalue weighted by atomic mass is 10.0. The molecule has 1 N–H and O–H groups in total. The Morgan fingerprint density at radius 2 is 1.67 bits per heavy atom. The summed E-state index contributed by atoms with van der Waals surface area (Å²) in [7, 11) is 0. The van der Waals surface area contributed by atoms with Crippen LogP contribution in [-0.2, 0) is 12.8 Å². The lowest BCUT2D eigenvalue weighted by molar-refractivity contribution is 0.179. The molecule has 0 spiro atoms. The van der Waals surface area contributed by atoms with E-state index in [2.05, 4.69) is 62.2 Å². The molecule has 2 nitrogen and oxygen atoms in total. The van der Waals surface area contributed by atoms with Crippen molar-refractivity contribution in [2.24, 2.45) is 0 Å². The third kappa shape index (κ3) is 5.12. The van der Waals surface area contributed by atoms with Crippen molar-refractivity contribution >= 4 is 0 Å². The summed E-state index contributed by atoms with van der Waals surface area (Å²) in [5.41, 5.74) is 3.32. The molecule has 1 atom stereocenters. The Hall–Kier alpha value is -0.860. The molecule has 0 bridgehead atoms. The van der Waals surface area contributed by atoms with Gasteiger partial charge in [0.25, 0.3) is 0 Å². The highest BCUT2D eigenvalue weighted by molar-refractivity contribution is 5.28. The van der Waals surface area contributed by atoms with E-state index < -0.39 is 0 Å². The summed E-state index contributed by atoms with van der Waals surface area (Å²) < 4.78 is 0. The molecule has 0 aliphatic carbocycles. The quantitative estimate of drug-likeness (QED) is 0.890. The first-order chi connectivity index (χ1) is 9.99. The fourth-order valence-electron chi connectivity index (χ4n) is 3.22. The van der Waals surface area contributed by atoms with Gasteiger partial charge in [-0.1, -0.05) is 37.6 Å². The second kappa shape index (κ2) is 7.42. The summed E-state index contributed by atoms with van der Waals surface area (Å²) >= 11 is 0. The monoisotopic (exact) mass is 288 g/mol. The minimum Gasteiger partial charge on any atom is -0.311 e. The third-order valence-corrected chi connectivity index (χ3v) is 4.46. The molecule has 2 rings (SSSR count). The molecule has 1 unspecified atom stereocenters. The van der Waals surface area contributed by atoms with E-state index in [1.165, 1.54) is 38.8 Å². The number of hydrogen-bond donors (Lipinski definition) is 1. The summed E-state index contributed by atoms with van der Waals surface area (Å²) in [4.78, 5) is 2.71. The van der Waals surface area contributed by atoms with Crippen LogP contribution in [0.4, 0.5) is 0 Å². The first-order valence-corrected chi connectivity index (χ1v) is 8.55. The molecule has 1 heterocycles. The van der Waals surface area contributed by atoms with E-state index in [0.29, 0.717) is 6.04 Å². The fourth-order valence-corrected chi connectivity index (χ4v) is 3.22. The van der Waals surface area contributed by atoms with Crippen molar-refractivity contribution in [2.45, 2.75) is 65.0 Å². The maximum atomic E-state index is 3.70. The number of nitrogens with one attached hydrogen (secondary N) is 1. The highest BCUT2D eigenvalue weighted by atomic mass is 15.2. The molecule has 21 heavy (non-hydrogen) atoms. The molecule has 118 valence electrons. The van der Waals surface area contributed by atoms with Crippen molar-refractivity contribution in [1.82, 2.24) is 10.2 Å². The number of nitrogens with zero attached hydrogens (tertiary/aromatic N) is 1. The van der Waals surface area contributed by atoms with E-state index in [1.807, 2.05) is 0 Å². The summed E-state index contributed by atoms with van der Waals surface area (Å²) in [5, 5.41) is 3.70. The Labute approximate surface area is 130 Å². The van der Waals surface area contributed by atoms with Gasteiger partial charge in [0.15, 0.2) is 0 Å². The number of benzene rings is 1. The van der Waals surface area contributed by atoms with Crippen molar-refractivity contribution in [1.29, 1.82) is 0 Å². The summed E-state index contributed by atoms with van der Waals surface area (Å²) in [6, 6.07) is 9.64. The molecule has 0 fully saturated rings. The Morgan fingerprint density at radius 1 is 1.10 bits per heavy atom. The van der Waals surface area contributed by atoms with E-state index in [1.54, 1.807) is 11.1 Å². The molecule has 1 aromatic carbocycles. The van der Waals surface area contributed by atoms with Gasteiger partial charge in [-0.15, -0.1) is 0 Å². The van der Waals surface area contributed by atoms with Crippen LogP contribution in [0.5, 0.6) is 0 Å². The maximum Gasteiger partial charge on any atom is 0.0220 e. The van der Waals surface area contributed by atoms with Crippen LogP contribution in [0.3, 0.4) is 0 Å². The van der Waals surface area contributed by atoms with Gasteiger partial charge in [-0.05, 0) is 51.2 Å². The van der Waals surface area contributed by atoms with Gasteiger partial charge < -0.3 is 5.32 Å². The second-order valence-corrected chi connectivity index (χ2v) is 7.38. The first kappa shape index (κ1) is 16.5. The molecule has 0 saturated heterocycles. The molecular formula is C19H32N2. The smallest absolute Gasteiger partial charge is 0.0220 e. The first-order valence-electron chi connectivity index (χ1n) is 8.55. The van der Waals surface area contributed by atoms with Gasteiger partial charge in [0.2, 0.25) is 0 Å². The zero-order valence-corrected chi connectivity index (χ0v) is 14.3. The lowest BCUT2D eigenvalue weighted by Gasteiger charge is -2.33. The number of hydrogen-bond acceptors (Lipinski definition) is 2. The zero-order valence-electron chi connectivity index (χ0n) is 14.3. The van der Waals surface area contributed by atoms with Crippen molar-refractivity contribution in [2.75, 3.05) is 19.6 Å². The standard InChI is InChI=1S/C19H32N2/c1-5-8-18(15-20-19(2,3)4)21-13-11-16-9-6-7-10-17(16)12-14-21/h6-7,9-10,18,20H,5,8,11-15H2,1-4H3. The van der Waals surface area contributed by atoms with Crippen molar-refractivity contribution in [3.8, 4) is 0 Å². The van der Waals surface area contributed by atoms with Crippen LogP contribution < -0.4 is 5.32 Å². The molecule has 1 aromatic rings. The summed E-state index contributed by atoms with van der Waals surface area (Å²) in [5.74, 6) is 0. The normalized spacial score (nSPS) is 18.1. The van der Waals surface area contributed by atoms with Crippen LogP contribution in [-0.4, -0.2) is 36.1 Å². The van der Waals surface area contributed by atoms with E-state index in [-0.39, 0.29) is 5.54 Å². The zero-order chi connectivity index (χ0) is 15.3. The lowest BCUT2D eigenvalue weighted by Crippen LogP contribution is -2.48. The van der Waals surface area contributed by atoms with Crippen molar-refractivity contribution in [3.05, 3.63) is 35.4 Å². The van der Waals surface area contributed by atoms with E-state index >= 15 is 0 Å². The molecular weight excluding hydrogens is 256 g/mol. The minimum atomic E-state index is 0.209. The molecule has 0 amide bonds. The Balaban J connectivity index is 1.98. The second-order valence-electron chi connectivity index (χ2n) is 7.38. The topological polar surface area (TPSA) is 15.3 Å². The fraction of sp³-hybridized carbons (Fsp3) is 0.684. The molecule has 2 heteroatoms. The summed E-state index contributed by atoms with van der Waals surface area (Å²) in [6.45, 7) is 12.6. The Bertz CT molecular complexity index is 406.